The van der Waals surface area contributed by atoms with Crippen LogP contribution in [-0.2, 0) is 17.6 Å². The van der Waals surface area contributed by atoms with Crippen molar-refractivity contribution in [1.29, 1.82) is 0 Å². The minimum atomic E-state index is 0.178. The van der Waals surface area contributed by atoms with E-state index in [9.17, 15) is 4.79 Å². The SMILES string of the molecule is CN(C)CC1Cc2cc(Cl)ccc2N(C(=O)CCc2c[nH]c3ccccc23)C1. The molecule has 3 aromatic rings. The summed E-state index contributed by atoms with van der Waals surface area (Å²) in [5, 5.41) is 1.93. The molecule has 0 saturated heterocycles. The number of para-hydroxylation sites is 1. The fourth-order valence-corrected chi connectivity index (χ4v) is 4.50. The van der Waals surface area contributed by atoms with E-state index >= 15 is 0 Å². The maximum absolute atomic E-state index is 13.2. The molecule has 0 aliphatic carbocycles. The molecule has 0 saturated carbocycles. The van der Waals surface area contributed by atoms with Crippen molar-refractivity contribution in [3.05, 3.63) is 64.8 Å². The van der Waals surface area contributed by atoms with Crippen LogP contribution in [0.4, 0.5) is 5.69 Å². The van der Waals surface area contributed by atoms with Gasteiger partial charge >= 0.3 is 0 Å². The average Bonchev–Trinajstić information content (AvgIpc) is 3.08. The summed E-state index contributed by atoms with van der Waals surface area (Å²) in [7, 11) is 4.16. The lowest BCUT2D eigenvalue weighted by atomic mass is 9.91. The van der Waals surface area contributed by atoms with Crippen LogP contribution in [0.5, 0.6) is 0 Å². The van der Waals surface area contributed by atoms with E-state index in [4.69, 9.17) is 11.6 Å². The summed E-state index contributed by atoms with van der Waals surface area (Å²) in [6.07, 6.45) is 4.22. The van der Waals surface area contributed by atoms with Gasteiger partial charge in [0.25, 0.3) is 0 Å². The van der Waals surface area contributed by atoms with Gasteiger partial charge in [-0.05, 0) is 68.2 Å². The molecule has 1 aliphatic rings. The fraction of sp³-hybridized carbons (Fsp3) is 0.348. The third kappa shape index (κ3) is 3.94. The Morgan fingerprint density at radius 1 is 1.25 bits per heavy atom. The molecule has 1 N–H and O–H groups in total. The maximum Gasteiger partial charge on any atom is 0.227 e. The van der Waals surface area contributed by atoms with Crippen LogP contribution in [0.2, 0.25) is 5.02 Å². The number of anilines is 1. The lowest BCUT2D eigenvalue weighted by molar-refractivity contribution is -0.118. The number of amides is 1. The van der Waals surface area contributed by atoms with Gasteiger partial charge in [0.05, 0.1) is 0 Å². The first-order chi connectivity index (χ1) is 13.5. The minimum absolute atomic E-state index is 0.178. The molecule has 1 unspecified atom stereocenters. The van der Waals surface area contributed by atoms with Crippen LogP contribution in [0.15, 0.2) is 48.7 Å². The topological polar surface area (TPSA) is 39.3 Å². The van der Waals surface area contributed by atoms with Gasteiger partial charge in [-0.1, -0.05) is 29.8 Å². The zero-order chi connectivity index (χ0) is 19.7. The summed E-state index contributed by atoms with van der Waals surface area (Å²) in [5.74, 6) is 0.593. The molecule has 2 heterocycles. The minimum Gasteiger partial charge on any atom is -0.361 e. The first kappa shape index (κ1) is 19.0. The quantitative estimate of drug-likeness (QED) is 0.689. The number of aryl methyl sites for hydroxylation is 1. The number of nitrogens with one attached hydrogen (secondary N) is 1. The van der Waals surface area contributed by atoms with Crippen LogP contribution >= 0.6 is 11.6 Å². The Labute approximate surface area is 171 Å². The van der Waals surface area contributed by atoms with E-state index < -0.39 is 0 Å². The Bertz CT molecular complexity index is 994. The molecule has 4 rings (SSSR count). The van der Waals surface area contributed by atoms with Crippen molar-refractivity contribution in [2.75, 3.05) is 32.1 Å². The smallest absolute Gasteiger partial charge is 0.227 e. The van der Waals surface area contributed by atoms with Gasteiger partial charge in [-0.25, -0.2) is 0 Å². The molecule has 0 spiro atoms. The number of aromatic nitrogens is 1. The van der Waals surface area contributed by atoms with E-state index in [0.29, 0.717) is 12.3 Å². The van der Waals surface area contributed by atoms with Crippen LogP contribution in [0, 0.1) is 5.92 Å². The fourth-order valence-electron chi connectivity index (χ4n) is 4.30. The highest BCUT2D eigenvalue weighted by molar-refractivity contribution is 6.30. The third-order valence-electron chi connectivity index (χ3n) is 5.49. The Hall–Kier alpha value is -2.30. The number of carbonyl (C=O) groups excluding carboxylic acids is 1. The summed E-state index contributed by atoms with van der Waals surface area (Å²) in [4.78, 5) is 20.6. The van der Waals surface area contributed by atoms with Crippen molar-refractivity contribution in [1.82, 2.24) is 9.88 Å². The third-order valence-corrected chi connectivity index (χ3v) is 5.72. The molecule has 5 heteroatoms. The number of H-pyrrole nitrogens is 1. The van der Waals surface area contributed by atoms with Crippen molar-refractivity contribution in [3.63, 3.8) is 0 Å². The van der Waals surface area contributed by atoms with Crippen LogP contribution in [0.25, 0.3) is 10.9 Å². The molecule has 1 atom stereocenters. The molecule has 146 valence electrons. The summed E-state index contributed by atoms with van der Waals surface area (Å²) in [6.45, 7) is 1.72. The van der Waals surface area contributed by atoms with Gasteiger partial charge in [0, 0.05) is 47.3 Å². The number of benzene rings is 2. The number of carbonyl (C=O) groups is 1. The first-order valence-electron chi connectivity index (χ1n) is 9.80. The van der Waals surface area contributed by atoms with E-state index in [1.165, 1.54) is 16.5 Å². The van der Waals surface area contributed by atoms with Crippen molar-refractivity contribution in [3.8, 4) is 0 Å². The van der Waals surface area contributed by atoms with Crippen LogP contribution in [-0.4, -0.2) is 43.0 Å². The van der Waals surface area contributed by atoms with Crippen molar-refractivity contribution < 1.29 is 4.79 Å². The summed E-state index contributed by atoms with van der Waals surface area (Å²) in [5.41, 5.74) is 4.51. The van der Waals surface area contributed by atoms with Gasteiger partial charge in [-0.2, -0.15) is 0 Å². The normalized spacial score (nSPS) is 16.6. The van der Waals surface area contributed by atoms with E-state index in [1.54, 1.807) is 0 Å². The zero-order valence-corrected chi connectivity index (χ0v) is 17.2. The predicted molar refractivity (Wildman–Crippen MR) is 116 cm³/mol. The van der Waals surface area contributed by atoms with Gasteiger partial charge in [-0.15, -0.1) is 0 Å². The Kier molecular flexibility index (Phi) is 5.42. The first-order valence-corrected chi connectivity index (χ1v) is 10.2. The van der Waals surface area contributed by atoms with Gasteiger partial charge < -0.3 is 14.8 Å². The molecule has 1 aromatic heterocycles. The van der Waals surface area contributed by atoms with Crippen molar-refractivity contribution >= 4 is 34.1 Å². The standard InChI is InChI=1S/C23H26ClN3O/c1-26(2)14-16-11-18-12-19(24)8-9-22(18)27(15-16)23(28)10-7-17-13-25-21-6-4-3-5-20(17)21/h3-6,8-9,12-13,16,25H,7,10-11,14-15H2,1-2H3. The summed E-state index contributed by atoms with van der Waals surface area (Å²) >= 11 is 6.22. The molecule has 2 aromatic carbocycles. The Morgan fingerprint density at radius 2 is 2.07 bits per heavy atom. The summed E-state index contributed by atoms with van der Waals surface area (Å²) < 4.78 is 0. The van der Waals surface area contributed by atoms with Gasteiger partial charge in [0.2, 0.25) is 5.91 Å². The van der Waals surface area contributed by atoms with Crippen molar-refractivity contribution in [2.45, 2.75) is 19.3 Å². The molecular formula is C23H26ClN3O. The van der Waals surface area contributed by atoms with Crippen LogP contribution in [0.1, 0.15) is 17.5 Å². The second kappa shape index (κ2) is 7.98. The monoisotopic (exact) mass is 395 g/mol. The van der Waals surface area contributed by atoms with E-state index in [-0.39, 0.29) is 5.91 Å². The molecule has 0 fully saturated rings. The number of rotatable bonds is 5. The highest BCUT2D eigenvalue weighted by atomic mass is 35.5. The Morgan fingerprint density at radius 3 is 2.89 bits per heavy atom. The molecule has 28 heavy (non-hydrogen) atoms. The number of halogens is 1. The molecule has 0 bridgehead atoms. The largest absolute Gasteiger partial charge is 0.361 e. The molecule has 4 nitrogen and oxygen atoms in total. The van der Waals surface area contributed by atoms with Gasteiger partial charge in [-0.3, -0.25) is 4.79 Å². The van der Waals surface area contributed by atoms with E-state index in [1.807, 2.05) is 41.4 Å². The Balaban J connectivity index is 1.53. The van der Waals surface area contributed by atoms with Gasteiger partial charge in [0.15, 0.2) is 0 Å². The number of hydrogen-bond acceptors (Lipinski definition) is 2. The molecular weight excluding hydrogens is 370 g/mol. The van der Waals surface area contributed by atoms with E-state index in [0.717, 1.165) is 42.2 Å². The van der Waals surface area contributed by atoms with Crippen LogP contribution < -0.4 is 4.90 Å². The highest BCUT2D eigenvalue weighted by Crippen LogP contribution is 2.33. The average molecular weight is 396 g/mol. The second-order valence-electron chi connectivity index (χ2n) is 7.97. The maximum atomic E-state index is 13.2. The number of hydrogen-bond donors (Lipinski definition) is 1. The number of nitrogens with zero attached hydrogens (tertiary/aromatic N) is 2. The van der Waals surface area contributed by atoms with Crippen molar-refractivity contribution in [2.24, 2.45) is 5.92 Å². The molecule has 0 radical (unpaired) electrons. The molecule has 1 amide bonds. The lowest BCUT2D eigenvalue weighted by Gasteiger charge is -2.36. The summed E-state index contributed by atoms with van der Waals surface area (Å²) in [6, 6.07) is 14.1. The predicted octanol–water partition coefficient (Wildman–Crippen LogP) is 4.52. The van der Waals surface area contributed by atoms with Crippen LogP contribution in [0.3, 0.4) is 0 Å². The van der Waals surface area contributed by atoms with Gasteiger partial charge in [0.1, 0.15) is 0 Å². The number of fused-ring (bicyclic) bond motifs is 2. The second-order valence-corrected chi connectivity index (χ2v) is 8.41. The highest BCUT2D eigenvalue weighted by Gasteiger charge is 2.28. The zero-order valence-electron chi connectivity index (χ0n) is 16.4. The number of aromatic amines is 1. The lowest BCUT2D eigenvalue weighted by Crippen LogP contribution is -2.43. The molecule has 1 aliphatic heterocycles. The van der Waals surface area contributed by atoms with E-state index in [2.05, 4.69) is 36.1 Å².